The molecule has 0 saturated heterocycles. The Labute approximate surface area is 201 Å². The summed E-state index contributed by atoms with van der Waals surface area (Å²) in [4.78, 5) is 0. The highest BCUT2D eigenvalue weighted by Gasteiger charge is 2.26. The number of allylic oxidation sites excluding steroid dienone is 1. The van der Waals surface area contributed by atoms with Crippen molar-refractivity contribution < 1.29 is 5.11 Å². The Morgan fingerprint density at radius 3 is 1.91 bits per heavy atom. The van der Waals surface area contributed by atoms with Crippen LogP contribution in [0.25, 0.3) is 27.8 Å². The molecule has 6 rings (SSSR count). The van der Waals surface area contributed by atoms with Crippen molar-refractivity contribution in [3.05, 3.63) is 113 Å². The first-order chi connectivity index (χ1) is 16.8. The van der Waals surface area contributed by atoms with Crippen LogP contribution in [0.4, 0.5) is 11.4 Å². The number of hydrogen-bond donors (Lipinski definition) is 2. The molecule has 34 heavy (non-hydrogen) atoms. The van der Waals surface area contributed by atoms with Gasteiger partial charge < -0.3 is 10.4 Å². The van der Waals surface area contributed by atoms with E-state index >= 15 is 0 Å². The predicted molar refractivity (Wildman–Crippen MR) is 142 cm³/mol. The van der Waals surface area contributed by atoms with Gasteiger partial charge in [0, 0.05) is 11.4 Å². The summed E-state index contributed by atoms with van der Waals surface area (Å²) >= 11 is 0. The summed E-state index contributed by atoms with van der Waals surface area (Å²) in [5.41, 5.74) is 14.2. The van der Waals surface area contributed by atoms with Crippen LogP contribution in [0.15, 0.2) is 96.6 Å². The molecular formula is C32H29NO. The molecule has 2 N–H and O–H groups in total. The fourth-order valence-corrected chi connectivity index (χ4v) is 5.46. The van der Waals surface area contributed by atoms with Crippen LogP contribution in [-0.4, -0.2) is 5.11 Å². The monoisotopic (exact) mass is 443 g/mol. The van der Waals surface area contributed by atoms with E-state index in [2.05, 4.69) is 72.0 Å². The lowest BCUT2D eigenvalue weighted by Crippen LogP contribution is -1.98. The van der Waals surface area contributed by atoms with Crippen molar-refractivity contribution in [2.75, 3.05) is 5.32 Å². The van der Waals surface area contributed by atoms with Gasteiger partial charge in [-0.15, -0.1) is 0 Å². The van der Waals surface area contributed by atoms with Crippen molar-refractivity contribution in [1.29, 1.82) is 0 Å². The third-order valence-electron chi connectivity index (χ3n) is 7.23. The van der Waals surface area contributed by atoms with Gasteiger partial charge >= 0.3 is 0 Å². The van der Waals surface area contributed by atoms with E-state index in [1.54, 1.807) is 5.57 Å². The molecule has 4 aromatic carbocycles. The molecule has 2 heteroatoms. The minimum absolute atomic E-state index is 0.0687. The average Bonchev–Trinajstić information content (AvgIpc) is 3.24. The van der Waals surface area contributed by atoms with Crippen LogP contribution < -0.4 is 5.32 Å². The third kappa shape index (κ3) is 3.85. The maximum atomic E-state index is 9.23. The molecule has 0 aromatic heterocycles. The van der Waals surface area contributed by atoms with E-state index in [9.17, 15) is 5.11 Å². The van der Waals surface area contributed by atoms with Crippen LogP contribution in [-0.2, 0) is 6.61 Å². The number of aliphatic hydroxyl groups is 1. The smallest absolute Gasteiger partial charge is 0.0681 e. The first-order valence-electron chi connectivity index (χ1n) is 12.3. The van der Waals surface area contributed by atoms with E-state index in [4.69, 9.17) is 0 Å². The van der Waals surface area contributed by atoms with E-state index in [0.29, 0.717) is 0 Å². The standard InChI is InChI=1S/C32H29NO/c34-21-22-10-15-26(16-11-22)33-27-17-12-23(13-18-27)25-14-19-29-28-8-4-5-9-30(28)32(31(29)20-25)24-6-2-1-3-7-24/h4-5,8-20,33-34H,1-3,6-7,21H2. The maximum Gasteiger partial charge on any atom is 0.0681 e. The SMILES string of the molecule is OCc1ccc(Nc2ccc(-c3ccc4c(c3)C(=C3CCCCC3)c3ccccc3-4)cc2)cc1. The number of rotatable bonds is 4. The zero-order chi connectivity index (χ0) is 22.9. The topological polar surface area (TPSA) is 32.3 Å². The maximum absolute atomic E-state index is 9.23. The highest BCUT2D eigenvalue weighted by Crippen LogP contribution is 2.48. The molecule has 0 amide bonds. The number of anilines is 2. The summed E-state index contributed by atoms with van der Waals surface area (Å²) in [6.07, 6.45) is 6.44. The van der Waals surface area contributed by atoms with Crippen molar-refractivity contribution >= 4 is 16.9 Å². The van der Waals surface area contributed by atoms with Gasteiger partial charge in [-0.05, 0) is 101 Å². The lowest BCUT2D eigenvalue weighted by Gasteiger charge is -2.18. The van der Waals surface area contributed by atoms with Gasteiger partial charge in [0.05, 0.1) is 6.61 Å². The van der Waals surface area contributed by atoms with Gasteiger partial charge in [0.2, 0.25) is 0 Å². The number of nitrogens with one attached hydrogen (secondary N) is 1. The Morgan fingerprint density at radius 1 is 0.588 bits per heavy atom. The summed E-state index contributed by atoms with van der Waals surface area (Å²) in [5, 5.41) is 12.7. The molecule has 0 atom stereocenters. The van der Waals surface area contributed by atoms with E-state index in [0.717, 1.165) is 16.9 Å². The third-order valence-corrected chi connectivity index (χ3v) is 7.23. The van der Waals surface area contributed by atoms with Gasteiger partial charge in [-0.3, -0.25) is 0 Å². The van der Waals surface area contributed by atoms with Crippen molar-refractivity contribution in [2.45, 2.75) is 38.7 Å². The van der Waals surface area contributed by atoms with Crippen molar-refractivity contribution in [3.63, 3.8) is 0 Å². The Kier molecular flexibility index (Phi) is 5.52. The predicted octanol–water partition coefficient (Wildman–Crippen LogP) is 8.34. The van der Waals surface area contributed by atoms with Gasteiger partial charge in [0.1, 0.15) is 0 Å². The Hall–Kier alpha value is -3.62. The normalized spacial score (nSPS) is 14.6. The first-order valence-corrected chi connectivity index (χ1v) is 12.3. The zero-order valence-corrected chi connectivity index (χ0v) is 19.4. The quantitative estimate of drug-likeness (QED) is 0.292. The largest absolute Gasteiger partial charge is 0.392 e. The van der Waals surface area contributed by atoms with Gasteiger partial charge in [0.15, 0.2) is 0 Å². The molecule has 2 aliphatic rings. The van der Waals surface area contributed by atoms with Crippen molar-refractivity contribution in [1.82, 2.24) is 0 Å². The van der Waals surface area contributed by atoms with Crippen molar-refractivity contribution in [2.24, 2.45) is 0 Å². The second-order valence-corrected chi connectivity index (χ2v) is 9.40. The fraction of sp³-hybridized carbons (Fsp3) is 0.188. The number of fused-ring (bicyclic) bond motifs is 3. The molecule has 0 heterocycles. The first kappa shape index (κ1) is 20.9. The van der Waals surface area contributed by atoms with Gasteiger partial charge in [0.25, 0.3) is 0 Å². The minimum atomic E-state index is 0.0687. The number of benzene rings is 4. The summed E-state index contributed by atoms with van der Waals surface area (Å²) < 4.78 is 0. The second kappa shape index (κ2) is 8.96. The van der Waals surface area contributed by atoms with Crippen LogP contribution in [0.5, 0.6) is 0 Å². The molecule has 1 saturated carbocycles. The highest BCUT2D eigenvalue weighted by molar-refractivity contribution is 6.03. The molecule has 4 aromatic rings. The van der Waals surface area contributed by atoms with Crippen molar-refractivity contribution in [3.8, 4) is 22.3 Å². The van der Waals surface area contributed by atoms with Crippen LogP contribution in [0.3, 0.4) is 0 Å². The molecule has 0 bridgehead atoms. The van der Waals surface area contributed by atoms with E-state index in [-0.39, 0.29) is 6.61 Å². The Morgan fingerprint density at radius 2 is 1.21 bits per heavy atom. The zero-order valence-electron chi connectivity index (χ0n) is 19.4. The Bertz CT molecular complexity index is 1360. The van der Waals surface area contributed by atoms with E-state index < -0.39 is 0 Å². The summed E-state index contributed by atoms with van der Waals surface area (Å²) in [6.45, 7) is 0.0687. The summed E-state index contributed by atoms with van der Waals surface area (Å²) in [5.74, 6) is 0. The molecular weight excluding hydrogens is 414 g/mol. The van der Waals surface area contributed by atoms with Crippen LogP contribution in [0.2, 0.25) is 0 Å². The summed E-state index contributed by atoms with van der Waals surface area (Å²) in [6, 6.07) is 32.4. The Balaban J connectivity index is 1.33. The minimum Gasteiger partial charge on any atom is -0.392 e. The molecule has 0 spiro atoms. The molecule has 0 radical (unpaired) electrons. The van der Waals surface area contributed by atoms with Crippen LogP contribution >= 0.6 is 0 Å². The van der Waals surface area contributed by atoms with Gasteiger partial charge in [-0.25, -0.2) is 0 Å². The lowest BCUT2D eigenvalue weighted by atomic mass is 9.86. The van der Waals surface area contributed by atoms with Gasteiger partial charge in [-0.2, -0.15) is 0 Å². The molecule has 2 nitrogen and oxygen atoms in total. The van der Waals surface area contributed by atoms with Gasteiger partial charge in [-0.1, -0.05) is 72.7 Å². The summed E-state index contributed by atoms with van der Waals surface area (Å²) in [7, 11) is 0. The molecule has 2 aliphatic carbocycles. The highest BCUT2D eigenvalue weighted by atomic mass is 16.3. The average molecular weight is 444 g/mol. The number of hydrogen-bond acceptors (Lipinski definition) is 2. The molecule has 0 unspecified atom stereocenters. The van der Waals surface area contributed by atoms with E-state index in [1.807, 2.05) is 24.3 Å². The van der Waals surface area contributed by atoms with E-state index in [1.165, 1.54) is 71.1 Å². The fourth-order valence-electron chi connectivity index (χ4n) is 5.46. The van der Waals surface area contributed by atoms with Crippen LogP contribution in [0.1, 0.15) is 48.8 Å². The van der Waals surface area contributed by atoms with Crippen LogP contribution in [0, 0.1) is 0 Å². The molecule has 168 valence electrons. The molecule has 1 fully saturated rings. The lowest BCUT2D eigenvalue weighted by molar-refractivity contribution is 0.282. The molecule has 0 aliphatic heterocycles. The second-order valence-electron chi connectivity index (χ2n) is 9.40. The number of aliphatic hydroxyl groups excluding tert-OH is 1.